The average Bonchev–Trinajstić information content (AvgIpc) is 2.73. The molecule has 0 aliphatic heterocycles. The lowest BCUT2D eigenvalue weighted by atomic mass is 10.1. The number of aromatic amines is 1. The summed E-state index contributed by atoms with van der Waals surface area (Å²) in [5.41, 5.74) is 2.48. The normalized spacial score (nSPS) is 11.0. The molecule has 3 nitrogen and oxygen atoms in total. The molecule has 2 rings (SSSR count). The van der Waals surface area contributed by atoms with E-state index < -0.39 is 0 Å². The van der Waals surface area contributed by atoms with Crippen LogP contribution in [-0.2, 0) is 6.54 Å². The second-order valence-electron chi connectivity index (χ2n) is 3.61. The fourth-order valence-corrected chi connectivity index (χ4v) is 1.73. The minimum Gasteiger partial charge on any atom is -0.396 e. The first-order valence-corrected chi connectivity index (χ1v) is 5.28. The van der Waals surface area contributed by atoms with Crippen molar-refractivity contribution in [2.45, 2.75) is 13.0 Å². The van der Waals surface area contributed by atoms with Gasteiger partial charge in [0.15, 0.2) is 0 Å². The van der Waals surface area contributed by atoms with E-state index in [0.29, 0.717) is 0 Å². The summed E-state index contributed by atoms with van der Waals surface area (Å²) in [4.78, 5) is 3.19. The van der Waals surface area contributed by atoms with Crippen LogP contribution < -0.4 is 5.32 Å². The van der Waals surface area contributed by atoms with Crippen LogP contribution in [0.5, 0.6) is 0 Å². The van der Waals surface area contributed by atoms with E-state index >= 15 is 0 Å². The number of H-pyrrole nitrogens is 1. The van der Waals surface area contributed by atoms with Crippen molar-refractivity contribution in [2.75, 3.05) is 13.2 Å². The van der Waals surface area contributed by atoms with Crippen molar-refractivity contribution >= 4 is 10.9 Å². The van der Waals surface area contributed by atoms with E-state index in [9.17, 15) is 0 Å². The Bertz CT molecular complexity index is 422. The lowest BCUT2D eigenvalue weighted by Gasteiger charge is -2.05. The van der Waals surface area contributed by atoms with Gasteiger partial charge in [-0.3, -0.25) is 0 Å². The number of fused-ring (bicyclic) bond motifs is 1. The van der Waals surface area contributed by atoms with Crippen molar-refractivity contribution in [1.82, 2.24) is 10.3 Å². The first-order chi connectivity index (χ1) is 7.42. The third-order valence-corrected chi connectivity index (χ3v) is 2.51. The molecule has 3 N–H and O–H groups in total. The minimum atomic E-state index is 0.251. The van der Waals surface area contributed by atoms with Crippen LogP contribution in [0, 0.1) is 0 Å². The molecule has 0 saturated carbocycles. The summed E-state index contributed by atoms with van der Waals surface area (Å²) in [6.45, 7) is 1.97. The first-order valence-electron chi connectivity index (χ1n) is 5.28. The van der Waals surface area contributed by atoms with Crippen LogP contribution in [0.3, 0.4) is 0 Å². The van der Waals surface area contributed by atoms with E-state index in [1.54, 1.807) is 0 Å². The molecule has 0 atom stereocenters. The van der Waals surface area contributed by atoms with E-state index in [-0.39, 0.29) is 6.61 Å². The van der Waals surface area contributed by atoms with E-state index in [1.807, 2.05) is 6.20 Å². The van der Waals surface area contributed by atoms with Gasteiger partial charge in [0.25, 0.3) is 0 Å². The summed E-state index contributed by atoms with van der Waals surface area (Å²) in [6, 6.07) is 8.36. The maximum Gasteiger partial charge on any atom is 0.0457 e. The highest BCUT2D eigenvalue weighted by Gasteiger charge is 2.00. The lowest BCUT2D eigenvalue weighted by Crippen LogP contribution is -2.15. The zero-order valence-corrected chi connectivity index (χ0v) is 8.66. The van der Waals surface area contributed by atoms with E-state index in [0.717, 1.165) is 19.5 Å². The molecular weight excluding hydrogens is 188 g/mol. The average molecular weight is 204 g/mol. The van der Waals surface area contributed by atoms with Gasteiger partial charge in [-0.15, -0.1) is 0 Å². The molecule has 0 spiro atoms. The molecule has 1 aromatic heterocycles. The summed E-state index contributed by atoms with van der Waals surface area (Å²) >= 11 is 0. The van der Waals surface area contributed by atoms with Gasteiger partial charge in [0.05, 0.1) is 0 Å². The first kappa shape index (κ1) is 10.2. The van der Waals surface area contributed by atoms with Crippen LogP contribution >= 0.6 is 0 Å². The van der Waals surface area contributed by atoms with Crippen LogP contribution in [0.1, 0.15) is 12.0 Å². The van der Waals surface area contributed by atoms with Gasteiger partial charge in [0.1, 0.15) is 0 Å². The van der Waals surface area contributed by atoms with Gasteiger partial charge >= 0.3 is 0 Å². The second-order valence-corrected chi connectivity index (χ2v) is 3.61. The standard InChI is InChI=1S/C12H16N2O/c15-8-2-6-13-9-10-3-1-4-12-11(10)5-7-14-12/h1,3-5,7,13-15H,2,6,8-9H2. The zero-order chi connectivity index (χ0) is 10.5. The maximum absolute atomic E-state index is 8.66. The number of aromatic nitrogens is 1. The van der Waals surface area contributed by atoms with Crippen LogP contribution in [0.4, 0.5) is 0 Å². The summed E-state index contributed by atoms with van der Waals surface area (Å²) in [5.74, 6) is 0. The van der Waals surface area contributed by atoms with Crippen molar-refractivity contribution in [2.24, 2.45) is 0 Å². The largest absolute Gasteiger partial charge is 0.396 e. The molecule has 0 unspecified atom stereocenters. The molecule has 1 heterocycles. The van der Waals surface area contributed by atoms with Gasteiger partial charge < -0.3 is 15.4 Å². The molecular formula is C12H16N2O. The topological polar surface area (TPSA) is 48.0 Å². The molecule has 0 aliphatic carbocycles. The molecule has 0 amide bonds. The van der Waals surface area contributed by atoms with Gasteiger partial charge in [-0.25, -0.2) is 0 Å². The van der Waals surface area contributed by atoms with Gasteiger partial charge in [0, 0.05) is 30.3 Å². The Morgan fingerprint density at radius 1 is 1.27 bits per heavy atom. The quantitative estimate of drug-likeness (QED) is 0.648. The third kappa shape index (κ3) is 2.37. The van der Waals surface area contributed by atoms with Crippen molar-refractivity contribution in [3.8, 4) is 0 Å². The summed E-state index contributed by atoms with van der Waals surface area (Å²) in [7, 11) is 0. The molecule has 3 heteroatoms. The van der Waals surface area contributed by atoms with Gasteiger partial charge in [-0.2, -0.15) is 0 Å². The van der Waals surface area contributed by atoms with Crippen molar-refractivity contribution < 1.29 is 5.11 Å². The molecule has 0 fully saturated rings. The van der Waals surface area contributed by atoms with Crippen LogP contribution in [0.2, 0.25) is 0 Å². The van der Waals surface area contributed by atoms with Crippen LogP contribution in [0.25, 0.3) is 10.9 Å². The molecule has 15 heavy (non-hydrogen) atoms. The van der Waals surface area contributed by atoms with E-state index in [4.69, 9.17) is 5.11 Å². The Labute approximate surface area is 89.1 Å². The molecule has 1 aromatic carbocycles. The fraction of sp³-hybridized carbons (Fsp3) is 0.333. The molecule has 0 bridgehead atoms. The number of aliphatic hydroxyl groups is 1. The fourth-order valence-electron chi connectivity index (χ4n) is 1.73. The molecule has 80 valence electrons. The highest BCUT2D eigenvalue weighted by atomic mass is 16.3. The van der Waals surface area contributed by atoms with Crippen molar-refractivity contribution in [1.29, 1.82) is 0 Å². The van der Waals surface area contributed by atoms with E-state index in [1.165, 1.54) is 16.5 Å². The predicted molar refractivity (Wildman–Crippen MR) is 61.7 cm³/mol. The summed E-state index contributed by atoms with van der Waals surface area (Å²) < 4.78 is 0. The lowest BCUT2D eigenvalue weighted by molar-refractivity contribution is 0.286. The van der Waals surface area contributed by atoms with Crippen LogP contribution in [-0.4, -0.2) is 23.2 Å². The maximum atomic E-state index is 8.66. The molecule has 0 aliphatic rings. The SMILES string of the molecule is OCCCNCc1cccc2[nH]ccc12. The Balaban J connectivity index is 2.04. The monoisotopic (exact) mass is 204 g/mol. The minimum absolute atomic E-state index is 0.251. The Morgan fingerprint density at radius 2 is 2.20 bits per heavy atom. The smallest absolute Gasteiger partial charge is 0.0457 e. The zero-order valence-electron chi connectivity index (χ0n) is 8.66. The van der Waals surface area contributed by atoms with E-state index in [2.05, 4.69) is 34.6 Å². The summed E-state index contributed by atoms with van der Waals surface area (Å²) in [5, 5.41) is 13.2. The molecule has 0 radical (unpaired) electrons. The molecule has 2 aromatic rings. The van der Waals surface area contributed by atoms with Gasteiger partial charge in [-0.05, 0) is 30.7 Å². The third-order valence-electron chi connectivity index (χ3n) is 2.51. The molecule has 0 saturated heterocycles. The number of nitrogens with one attached hydrogen (secondary N) is 2. The number of benzene rings is 1. The van der Waals surface area contributed by atoms with Crippen molar-refractivity contribution in [3.63, 3.8) is 0 Å². The second kappa shape index (κ2) is 4.96. The predicted octanol–water partition coefficient (Wildman–Crippen LogP) is 1.64. The Morgan fingerprint density at radius 3 is 3.07 bits per heavy atom. The summed E-state index contributed by atoms with van der Waals surface area (Å²) in [6.07, 6.45) is 2.77. The highest BCUT2D eigenvalue weighted by Crippen LogP contribution is 2.16. The number of hydrogen-bond donors (Lipinski definition) is 3. The van der Waals surface area contributed by atoms with Gasteiger partial charge in [-0.1, -0.05) is 12.1 Å². The number of hydrogen-bond acceptors (Lipinski definition) is 2. The van der Waals surface area contributed by atoms with Crippen molar-refractivity contribution in [3.05, 3.63) is 36.0 Å². The van der Waals surface area contributed by atoms with Crippen LogP contribution in [0.15, 0.2) is 30.5 Å². The Hall–Kier alpha value is -1.32. The number of rotatable bonds is 5. The number of aliphatic hydroxyl groups excluding tert-OH is 1. The Kier molecular flexibility index (Phi) is 3.37. The van der Waals surface area contributed by atoms with Gasteiger partial charge in [0.2, 0.25) is 0 Å². The highest BCUT2D eigenvalue weighted by molar-refractivity contribution is 5.82.